The predicted octanol–water partition coefficient (Wildman–Crippen LogP) is 2.39. The molecule has 0 unspecified atom stereocenters. The van der Waals surface area contributed by atoms with Crippen molar-refractivity contribution >= 4 is 29.0 Å². The molecule has 21 heavy (non-hydrogen) atoms. The van der Waals surface area contributed by atoms with Gasteiger partial charge in [0.25, 0.3) is 0 Å². The normalized spacial score (nSPS) is 10.0. The third-order valence-corrected chi connectivity index (χ3v) is 2.94. The molecule has 1 aromatic heterocycles. The number of nitrogens with zero attached hydrogens (tertiary/aromatic N) is 2. The molecule has 0 spiro atoms. The molecule has 0 aliphatic carbocycles. The van der Waals surface area contributed by atoms with Crippen LogP contribution in [0.4, 0.5) is 11.5 Å². The number of anilines is 2. The molecule has 1 aromatic carbocycles. The van der Waals surface area contributed by atoms with E-state index in [1.807, 2.05) is 12.1 Å². The average molecular weight is 307 g/mol. The molecule has 2 aromatic rings. The molecule has 0 saturated carbocycles. The topological polar surface area (TPSA) is 76.1 Å². The van der Waals surface area contributed by atoms with Gasteiger partial charge in [-0.3, -0.25) is 4.79 Å². The number of amides is 1. The lowest BCUT2D eigenvalue weighted by Crippen LogP contribution is -2.20. The van der Waals surface area contributed by atoms with Gasteiger partial charge in [-0.2, -0.15) is 0 Å². The van der Waals surface area contributed by atoms with Gasteiger partial charge in [0.15, 0.2) is 5.82 Å². The molecule has 0 fully saturated rings. The van der Waals surface area contributed by atoms with Crippen LogP contribution in [0.5, 0.6) is 5.75 Å². The average Bonchev–Trinajstić information content (AvgIpc) is 2.51. The SMILES string of the molecule is CNC(=O)CCOc1ccc(Nc2ncncc2Cl)cc1. The van der Waals surface area contributed by atoms with Gasteiger partial charge in [-0.05, 0) is 24.3 Å². The molecule has 0 atom stereocenters. The first kappa shape index (κ1) is 15.1. The summed E-state index contributed by atoms with van der Waals surface area (Å²) in [7, 11) is 1.60. The van der Waals surface area contributed by atoms with Gasteiger partial charge in [0.05, 0.1) is 19.2 Å². The van der Waals surface area contributed by atoms with Crippen LogP contribution < -0.4 is 15.4 Å². The van der Waals surface area contributed by atoms with Gasteiger partial charge in [0, 0.05) is 12.7 Å². The maximum Gasteiger partial charge on any atom is 0.223 e. The van der Waals surface area contributed by atoms with Gasteiger partial charge < -0.3 is 15.4 Å². The minimum atomic E-state index is -0.0494. The lowest BCUT2D eigenvalue weighted by Gasteiger charge is -2.09. The van der Waals surface area contributed by atoms with E-state index in [4.69, 9.17) is 16.3 Å². The Labute approximate surface area is 127 Å². The van der Waals surface area contributed by atoms with Gasteiger partial charge in [0.2, 0.25) is 5.91 Å². The first-order chi connectivity index (χ1) is 10.2. The largest absolute Gasteiger partial charge is 0.493 e. The number of carbonyl (C=O) groups is 1. The van der Waals surface area contributed by atoms with Crippen LogP contribution in [0.1, 0.15) is 6.42 Å². The van der Waals surface area contributed by atoms with Crippen LogP contribution in [0.2, 0.25) is 5.02 Å². The lowest BCUT2D eigenvalue weighted by atomic mass is 10.3. The fourth-order valence-corrected chi connectivity index (χ4v) is 1.71. The Morgan fingerprint density at radius 3 is 2.76 bits per heavy atom. The predicted molar refractivity (Wildman–Crippen MR) is 80.9 cm³/mol. The summed E-state index contributed by atoms with van der Waals surface area (Å²) >= 11 is 5.97. The molecule has 0 aliphatic rings. The number of rotatable bonds is 6. The fraction of sp³-hybridized carbons (Fsp3) is 0.214. The molecule has 7 heteroatoms. The number of carbonyl (C=O) groups excluding carboxylic acids is 1. The van der Waals surface area contributed by atoms with Crippen molar-refractivity contribution in [3.63, 3.8) is 0 Å². The number of aromatic nitrogens is 2. The summed E-state index contributed by atoms with van der Waals surface area (Å²) in [4.78, 5) is 18.9. The molecule has 1 heterocycles. The minimum absolute atomic E-state index is 0.0494. The van der Waals surface area contributed by atoms with E-state index in [1.165, 1.54) is 12.5 Å². The van der Waals surface area contributed by atoms with Gasteiger partial charge >= 0.3 is 0 Å². The quantitative estimate of drug-likeness (QED) is 0.857. The van der Waals surface area contributed by atoms with Crippen LogP contribution >= 0.6 is 11.6 Å². The zero-order valence-corrected chi connectivity index (χ0v) is 12.2. The van der Waals surface area contributed by atoms with Gasteiger partial charge in [-0.25, -0.2) is 9.97 Å². The van der Waals surface area contributed by atoms with Crippen molar-refractivity contribution in [3.05, 3.63) is 41.8 Å². The van der Waals surface area contributed by atoms with Crippen molar-refractivity contribution in [3.8, 4) is 5.75 Å². The summed E-state index contributed by atoms with van der Waals surface area (Å²) in [6.45, 7) is 0.337. The molecule has 2 rings (SSSR count). The summed E-state index contributed by atoms with van der Waals surface area (Å²) in [6.07, 6.45) is 3.27. The Bertz CT molecular complexity index is 604. The van der Waals surface area contributed by atoms with Crippen molar-refractivity contribution in [1.82, 2.24) is 15.3 Å². The molecule has 1 amide bonds. The van der Waals surface area contributed by atoms with Crippen molar-refractivity contribution in [2.75, 3.05) is 19.0 Å². The van der Waals surface area contributed by atoms with E-state index in [-0.39, 0.29) is 5.91 Å². The first-order valence-electron chi connectivity index (χ1n) is 6.35. The molecule has 0 aliphatic heterocycles. The number of nitrogens with one attached hydrogen (secondary N) is 2. The lowest BCUT2D eigenvalue weighted by molar-refractivity contribution is -0.121. The standard InChI is InChI=1S/C14H15ClN4O2/c1-16-13(20)6-7-21-11-4-2-10(3-5-11)19-14-12(15)8-17-9-18-14/h2-5,8-9H,6-7H2,1H3,(H,16,20)(H,17,18,19). The third-order valence-electron chi connectivity index (χ3n) is 2.66. The summed E-state index contributed by atoms with van der Waals surface area (Å²) in [5, 5.41) is 6.07. The van der Waals surface area contributed by atoms with Crippen LogP contribution in [-0.4, -0.2) is 29.5 Å². The summed E-state index contributed by atoms with van der Waals surface area (Å²) in [5.74, 6) is 1.19. The molecular formula is C14H15ClN4O2. The minimum Gasteiger partial charge on any atom is -0.493 e. The zero-order valence-electron chi connectivity index (χ0n) is 11.5. The van der Waals surface area contributed by atoms with Crippen LogP contribution in [0.25, 0.3) is 0 Å². The first-order valence-corrected chi connectivity index (χ1v) is 6.73. The second-order valence-electron chi connectivity index (χ2n) is 4.14. The van der Waals surface area contributed by atoms with Crippen molar-refractivity contribution in [2.45, 2.75) is 6.42 Å². The highest BCUT2D eigenvalue weighted by Crippen LogP contribution is 2.23. The van der Waals surface area contributed by atoms with E-state index in [1.54, 1.807) is 19.2 Å². The van der Waals surface area contributed by atoms with Crippen molar-refractivity contribution in [1.29, 1.82) is 0 Å². The summed E-state index contributed by atoms with van der Waals surface area (Å²) < 4.78 is 5.47. The number of hydrogen-bond acceptors (Lipinski definition) is 5. The Morgan fingerprint density at radius 2 is 2.10 bits per heavy atom. The Morgan fingerprint density at radius 1 is 1.33 bits per heavy atom. The summed E-state index contributed by atoms with van der Waals surface area (Å²) in [6, 6.07) is 7.30. The highest BCUT2D eigenvalue weighted by Gasteiger charge is 2.03. The van der Waals surface area contributed by atoms with Crippen LogP contribution in [0.3, 0.4) is 0 Å². The molecule has 6 nitrogen and oxygen atoms in total. The number of halogens is 1. The highest BCUT2D eigenvalue weighted by atomic mass is 35.5. The zero-order chi connectivity index (χ0) is 15.1. The van der Waals surface area contributed by atoms with Crippen LogP contribution in [0.15, 0.2) is 36.8 Å². The van der Waals surface area contributed by atoms with Gasteiger partial charge in [-0.1, -0.05) is 11.6 Å². The maximum absolute atomic E-state index is 11.1. The number of benzene rings is 1. The smallest absolute Gasteiger partial charge is 0.223 e. The Balaban J connectivity index is 1.90. The molecule has 0 saturated heterocycles. The Hall–Kier alpha value is -2.34. The summed E-state index contributed by atoms with van der Waals surface area (Å²) in [5.41, 5.74) is 0.828. The molecule has 110 valence electrons. The van der Waals surface area contributed by atoms with E-state index in [9.17, 15) is 4.79 Å². The van der Waals surface area contributed by atoms with Gasteiger partial charge in [0.1, 0.15) is 17.1 Å². The second-order valence-corrected chi connectivity index (χ2v) is 4.55. The monoisotopic (exact) mass is 306 g/mol. The van der Waals surface area contributed by atoms with Crippen LogP contribution in [0, 0.1) is 0 Å². The second kappa shape index (κ2) is 7.44. The van der Waals surface area contributed by atoms with E-state index in [0.717, 1.165) is 5.69 Å². The van der Waals surface area contributed by atoms with E-state index in [0.29, 0.717) is 29.6 Å². The maximum atomic E-state index is 11.1. The highest BCUT2D eigenvalue weighted by molar-refractivity contribution is 6.32. The molecule has 0 bridgehead atoms. The number of ether oxygens (including phenoxy) is 1. The molecular weight excluding hydrogens is 292 g/mol. The third kappa shape index (κ3) is 4.61. The van der Waals surface area contributed by atoms with E-state index < -0.39 is 0 Å². The van der Waals surface area contributed by atoms with Crippen LogP contribution in [-0.2, 0) is 4.79 Å². The Kier molecular flexibility index (Phi) is 5.34. The number of hydrogen-bond donors (Lipinski definition) is 2. The van der Waals surface area contributed by atoms with Gasteiger partial charge in [-0.15, -0.1) is 0 Å². The molecule has 2 N–H and O–H groups in total. The fourth-order valence-electron chi connectivity index (χ4n) is 1.56. The molecule has 0 radical (unpaired) electrons. The van der Waals surface area contributed by atoms with Crippen molar-refractivity contribution in [2.24, 2.45) is 0 Å². The van der Waals surface area contributed by atoms with E-state index in [2.05, 4.69) is 20.6 Å². The van der Waals surface area contributed by atoms with E-state index >= 15 is 0 Å². The van der Waals surface area contributed by atoms with Crippen molar-refractivity contribution < 1.29 is 9.53 Å².